The molecule has 0 aliphatic heterocycles. The van der Waals surface area contributed by atoms with Crippen LogP contribution >= 0.6 is 11.8 Å². The topological polar surface area (TPSA) is 32.3 Å². The van der Waals surface area contributed by atoms with Crippen LogP contribution in [0.3, 0.4) is 0 Å². The first-order valence-electron chi connectivity index (χ1n) is 7.65. The highest BCUT2D eigenvalue weighted by atomic mass is 32.2. The van der Waals surface area contributed by atoms with Crippen LogP contribution in [0, 0.1) is 6.92 Å². The number of nitrogens with zero attached hydrogens (tertiary/aromatic N) is 1. The van der Waals surface area contributed by atoms with Crippen molar-refractivity contribution in [3.8, 4) is 0 Å². The molecule has 0 spiro atoms. The molecule has 1 atom stereocenters. The molecule has 2 aromatic rings. The Kier molecular flexibility index (Phi) is 6.25. The maximum atomic E-state index is 12.7. The summed E-state index contributed by atoms with van der Waals surface area (Å²) in [5.41, 5.74) is 3.29. The number of amides is 1. The molecule has 1 amide bonds. The highest BCUT2D eigenvalue weighted by Gasteiger charge is 2.23. The van der Waals surface area contributed by atoms with Gasteiger partial charge in [0.25, 0.3) is 0 Å². The van der Waals surface area contributed by atoms with Crippen molar-refractivity contribution in [2.75, 3.05) is 20.4 Å². The number of likely N-dealkylation sites (N-methyl/N-ethyl adjacent to an activating group) is 1. The number of aryl methyl sites for hydroxylation is 1. The second-order valence-electron chi connectivity index (χ2n) is 5.79. The van der Waals surface area contributed by atoms with Gasteiger partial charge in [-0.2, -0.15) is 0 Å². The van der Waals surface area contributed by atoms with E-state index in [1.54, 1.807) is 11.8 Å². The Morgan fingerprint density at radius 2 is 1.78 bits per heavy atom. The lowest BCUT2D eigenvalue weighted by molar-refractivity contribution is -0.126. The van der Waals surface area contributed by atoms with Crippen LogP contribution < -0.4 is 5.32 Å². The van der Waals surface area contributed by atoms with Crippen LogP contribution in [-0.2, 0) is 11.3 Å². The van der Waals surface area contributed by atoms with Gasteiger partial charge in [0, 0.05) is 11.4 Å². The molecule has 0 unspecified atom stereocenters. The monoisotopic (exact) mass is 328 g/mol. The fraction of sp³-hybridized carbons (Fsp3) is 0.316. The molecular formula is C19H24N2OS. The first kappa shape index (κ1) is 17.6. The Morgan fingerprint density at radius 3 is 2.35 bits per heavy atom. The average Bonchev–Trinajstić information content (AvgIpc) is 2.55. The van der Waals surface area contributed by atoms with Crippen LogP contribution in [-0.4, -0.2) is 31.2 Å². The highest BCUT2D eigenvalue weighted by molar-refractivity contribution is 7.98. The average molecular weight is 328 g/mol. The molecule has 0 bridgehead atoms. The summed E-state index contributed by atoms with van der Waals surface area (Å²) in [6, 6.07) is 16.0. The number of carbonyl (C=O) groups is 1. The zero-order valence-electron chi connectivity index (χ0n) is 14.2. The second kappa shape index (κ2) is 8.18. The minimum absolute atomic E-state index is 0.0262. The van der Waals surface area contributed by atoms with Crippen molar-refractivity contribution in [3.05, 3.63) is 65.2 Å². The van der Waals surface area contributed by atoms with Crippen LogP contribution in [0.2, 0.25) is 0 Å². The molecular weight excluding hydrogens is 304 g/mol. The molecule has 0 saturated carbocycles. The number of nitrogens with one attached hydrogen (secondary N) is 1. The molecule has 122 valence electrons. The van der Waals surface area contributed by atoms with E-state index in [2.05, 4.69) is 35.8 Å². The van der Waals surface area contributed by atoms with Crippen LogP contribution in [0.5, 0.6) is 0 Å². The van der Waals surface area contributed by atoms with Crippen molar-refractivity contribution < 1.29 is 4.79 Å². The predicted molar refractivity (Wildman–Crippen MR) is 97.7 cm³/mol. The Morgan fingerprint density at radius 1 is 1.13 bits per heavy atom. The number of carbonyl (C=O) groups excluding carboxylic acids is 1. The van der Waals surface area contributed by atoms with Gasteiger partial charge in [-0.1, -0.05) is 36.4 Å². The molecule has 23 heavy (non-hydrogen) atoms. The van der Waals surface area contributed by atoms with Gasteiger partial charge in [0.15, 0.2) is 0 Å². The fourth-order valence-electron chi connectivity index (χ4n) is 2.58. The van der Waals surface area contributed by atoms with Crippen molar-refractivity contribution >= 4 is 17.7 Å². The molecule has 0 fully saturated rings. The summed E-state index contributed by atoms with van der Waals surface area (Å²) in [6.45, 7) is 2.59. The van der Waals surface area contributed by atoms with Gasteiger partial charge in [-0.05, 0) is 56.1 Å². The van der Waals surface area contributed by atoms with Crippen LogP contribution in [0.1, 0.15) is 22.7 Å². The second-order valence-corrected chi connectivity index (χ2v) is 6.67. The van der Waals surface area contributed by atoms with Crippen molar-refractivity contribution in [1.82, 2.24) is 10.2 Å². The van der Waals surface area contributed by atoms with E-state index in [0.29, 0.717) is 6.54 Å². The number of thioether (sulfide) groups is 1. The van der Waals surface area contributed by atoms with E-state index >= 15 is 0 Å². The Bertz CT molecular complexity index is 653. The molecule has 2 aromatic carbocycles. The van der Waals surface area contributed by atoms with E-state index in [9.17, 15) is 4.79 Å². The van der Waals surface area contributed by atoms with Gasteiger partial charge < -0.3 is 5.32 Å². The number of hydrogen-bond acceptors (Lipinski definition) is 3. The lowest BCUT2D eigenvalue weighted by Gasteiger charge is -2.25. The standard InChI is InChI=1S/C19H24N2OS/c1-14-7-5-6-8-17(14)18(21(2)3)19(22)20-13-15-9-11-16(23-4)12-10-15/h5-12,18H,13H2,1-4H3,(H,20,22)/t18-/m1/s1. The summed E-state index contributed by atoms with van der Waals surface area (Å²) in [5.74, 6) is 0.0262. The minimum atomic E-state index is -0.276. The third kappa shape index (κ3) is 4.60. The van der Waals surface area contributed by atoms with E-state index in [1.165, 1.54) is 4.90 Å². The summed E-state index contributed by atoms with van der Waals surface area (Å²) in [7, 11) is 3.87. The molecule has 3 nitrogen and oxygen atoms in total. The SMILES string of the molecule is CSc1ccc(CNC(=O)[C@@H](c2ccccc2C)N(C)C)cc1. The smallest absolute Gasteiger partial charge is 0.242 e. The van der Waals surface area contributed by atoms with E-state index in [-0.39, 0.29) is 11.9 Å². The van der Waals surface area contributed by atoms with Crippen LogP contribution in [0.15, 0.2) is 53.4 Å². The Labute approximate surface area is 143 Å². The zero-order valence-corrected chi connectivity index (χ0v) is 15.0. The summed E-state index contributed by atoms with van der Waals surface area (Å²) < 4.78 is 0. The summed E-state index contributed by atoms with van der Waals surface area (Å²) >= 11 is 1.72. The van der Waals surface area contributed by atoms with Crippen LogP contribution in [0.4, 0.5) is 0 Å². The largest absolute Gasteiger partial charge is 0.350 e. The Hall–Kier alpha value is -1.78. The normalized spacial score (nSPS) is 12.2. The fourth-order valence-corrected chi connectivity index (χ4v) is 2.98. The molecule has 0 aliphatic rings. The zero-order chi connectivity index (χ0) is 16.8. The van der Waals surface area contributed by atoms with E-state index < -0.39 is 0 Å². The number of benzene rings is 2. The molecule has 4 heteroatoms. The third-order valence-corrected chi connectivity index (χ3v) is 4.62. The van der Waals surface area contributed by atoms with E-state index in [4.69, 9.17) is 0 Å². The van der Waals surface area contributed by atoms with Gasteiger partial charge in [0.2, 0.25) is 5.91 Å². The van der Waals surface area contributed by atoms with Crippen LogP contribution in [0.25, 0.3) is 0 Å². The maximum absolute atomic E-state index is 12.7. The molecule has 0 heterocycles. The minimum Gasteiger partial charge on any atom is -0.350 e. The summed E-state index contributed by atoms with van der Waals surface area (Å²) in [4.78, 5) is 15.9. The van der Waals surface area contributed by atoms with E-state index in [1.807, 2.05) is 50.2 Å². The molecule has 1 N–H and O–H groups in total. The quantitative estimate of drug-likeness (QED) is 0.822. The van der Waals surface area contributed by atoms with E-state index in [0.717, 1.165) is 16.7 Å². The van der Waals surface area contributed by atoms with Gasteiger partial charge in [0.1, 0.15) is 6.04 Å². The van der Waals surface area contributed by atoms with Crippen molar-refractivity contribution in [2.45, 2.75) is 24.4 Å². The lowest BCUT2D eigenvalue weighted by Crippen LogP contribution is -2.37. The molecule has 0 saturated heterocycles. The summed E-state index contributed by atoms with van der Waals surface area (Å²) in [5, 5.41) is 3.06. The molecule has 0 radical (unpaired) electrons. The van der Waals surface area contributed by atoms with Gasteiger partial charge in [-0.25, -0.2) is 0 Å². The van der Waals surface area contributed by atoms with Gasteiger partial charge in [-0.15, -0.1) is 11.8 Å². The van der Waals surface area contributed by atoms with Crippen molar-refractivity contribution in [1.29, 1.82) is 0 Å². The van der Waals surface area contributed by atoms with Gasteiger partial charge >= 0.3 is 0 Å². The lowest BCUT2D eigenvalue weighted by atomic mass is 10.00. The Balaban J connectivity index is 2.08. The summed E-state index contributed by atoms with van der Waals surface area (Å²) in [6.07, 6.45) is 2.06. The van der Waals surface area contributed by atoms with Gasteiger partial charge in [-0.3, -0.25) is 9.69 Å². The highest BCUT2D eigenvalue weighted by Crippen LogP contribution is 2.22. The first-order valence-corrected chi connectivity index (χ1v) is 8.88. The maximum Gasteiger partial charge on any atom is 0.242 e. The third-order valence-electron chi connectivity index (χ3n) is 3.87. The number of hydrogen-bond donors (Lipinski definition) is 1. The molecule has 0 aromatic heterocycles. The number of rotatable bonds is 6. The molecule has 2 rings (SSSR count). The first-order chi connectivity index (χ1) is 11.0. The molecule has 0 aliphatic carbocycles. The van der Waals surface area contributed by atoms with Gasteiger partial charge in [0.05, 0.1) is 0 Å². The van der Waals surface area contributed by atoms with Crippen molar-refractivity contribution in [2.24, 2.45) is 0 Å². The van der Waals surface area contributed by atoms with Crippen molar-refractivity contribution in [3.63, 3.8) is 0 Å². The predicted octanol–water partition coefficient (Wildman–Crippen LogP) is 3.64.